The van der Waals surface area contributed by atoms with Gasteiger partial charge in [0.15, 0.2) is 5.69 Å². The van der Waals surface area contributed by atoms with Gasteiger partial charge in [0.1, 0.15) is 7.05 Å². The number of benzene rings is 2. The number of pyridine rings is 1. The molecule has 0 amide bonds. The molecule has 3 aromatic rings. The predicted octanol–water partition coefficient (Wildman–Crippen LogP) is 4.75. The largest absolute Gasteiger partial charge is 0.220 e. The maximum atomic E-state index is 8.63. The highest BCUT2D eigenvalue weighted by molar-refractivity contribution is 5.95. The molecule has 116 valence electrons. The van der Waals surface area contributed by atoms with Crippen molar-refractivity contribution < 1.29 is 5.94 Å². The second-order valence-corrected chi connectivity index (χ2v) is 6.96. The SMILES string of the molecule is [2H]c1c(C)[n+](C)c(-c2cc(C)ccc2C)c2cc3c(cc12)CCC3. The van der Waals surface area contributed by atoms with E-state index in [1.807, 2.05) is 0 Å². The van der Waals surface area contributed by atoms with E-state index in [0.29, 0.717) is 6.04 Å². The third-order valence-electron chi connectivity index (χ3n) is 5.29. The third-order valence-corrected chi connectivity index (χ3v) is 5.29. The van der Waals surface area contributed by atoms with Crippen LogP contribution >= 0.6 is 0 Å². The van der Waals surface area contributed by atoms with E-state index < -0.39 is 0 Å². The van der Waals surface area contributed by atoms with Crippen LogP contribution in [0.3, 0.4) is 0 Å². The molecule has 1 aromatic heterocycles. The molecule has 23 heavy (non-hydrogen) atoms. The Bertz CT molecular complexity index is 985. The van der Waals surface area contributed by atoms with Crippen molar-refractivity contribution in [1.82, 2.24) is 0 Å². The van der Waals surface area contributed by atoms with Crippen LogP contribution in [0, 0.1) is 20.8 Å². The lowest BCUT2D eigenvalue weighted by Gasteiger charge is -2.12. The van der Waals surface area contributed by atoms with Crippen LogP contribution in [-0.2, 0) is 19.9 Å². The van der Waals surface area contributed by atoms with Crippen molar-refractivity contribution >= 4 is 10.8 Å². The normalized spacial score (nSPS) is 14.2. The van der Waals surface area contributed by atoms with Crippen LogP contribution in [0.2, 0.25) is 0 Å². The number of aryl methyl sites for hydroxylation is 4. The molecule has 0 aliphatic heterocycles. The molecule has 1 heterocycles. The number of fused-ring (bicyclic) bond motifs is 2. The number of hydrogen-bond donors (Lipinski definition) is 0. The van der Waals surface area contributed by atoms with Gasteiger partial charge in [-0.2, -0.15) is 4.57 Å². The summed E-state index contributed by atoms with van der Waals surface area (Å²) in [5.74, 6) is 0. The molecule has 0 spiro atoms. The Morgan fingerprint density at radius 2 is 1.74 bits per heavy atom. The Morgan fingerprint density at radius 1 is 1.00 bits per heavy atom. The second-order valence-electron chi connectivity index (χ2n) is 6.96. The van der Waals surface area contributed by atoms with Gasteiger partial charge in [0.2, 0.25) is 5.69 Å². The summed E-state index contributed by atoms with van der Waals surface area (Å²) in [5, 5.41) is 2.32. The van der Waals surface area contributed by atoms with Gasteiger partial charge in [-0.05, 0) is 67.3 Å². The molecule has 0 saturated heterocycles. The van der Waals surface area contributed by atoms with Gasteiger partial charge in [-0.3, -0.25) is 0 Å². The van der Waals surface area contributed by atoms with E-state index >= 15 is 0 Å². The highest BCUT2D eigenvalue weighted by Crippen LogP contribution is 2.33. The van der Waals surface area contributed by atoms with Crippen molar-refractivity contribution in [3.63, 3.8) is 0 Å². The molecule has 1 aliphatic rings. The molecule has 0 saturated carbocycles. The first kappa shape index (κ1) is 13.3. The van der Waals surface area contributed by atoms with E-state index in [9.17, 15) is 0 Å². The average molecular weight is 303 g/mol. The van der Waals surface area contributed by atoms with Crippen LogP contribution in [0.5, 0.6) is 0 Å². The van der Waals surface area contributed by atoms with Crippen LogP contribution in [0.1, 0.15) is 35.7 Å². The summed E-state index contributed by atoms with van der Waals surface area (Å²) in [4.78, 5) is 0. The van der Waals surface area contributed by atoms with E-state index in [1.165, 1.54) is 51.7 Å². The molecule has 1 aliphatic carbocycles. The lowest BCUT2D eigenvalue weighted by Crippen LogP contribution is -2.35. The van der Waals surface area contributed by atoms with Crippen molar-refractivity contribution in [3.8, 4) is 11.3 Å². The van der Waals surface area contributed by atoms with Crippen LogP contribution < -0.4 is 4.57 Å². The van der Waals surface area contributed by atoms with Crippen molar-refractivity contribution in [1.29, 1.82) is 0 Å². The topological polar surface area (TPSA) is 3.88 Å². The van der Waals surface area contributed by atoms with Crippen LogP contribution in [0.4, 0.5) is 0 Å². The van der Waals surface area contributed by atoms with Gasteiger partial charge < -0.3 is 0 Å². The van der Waals surface area contributed by atoms with Gasteiger partial charge in [-0.15, -0.1) is 0 Å². The minimum absolute atomic E-state index is 0.663. The number of rotatable bonds is 1. The van der Waals surface area contributed by atoms with E-state index in [-0.39, 0.29) is 0 Å². The zero-order valence-corrected chi connectivity index (χ0v) is 14.5. The Balaban J connectivity index is 2.17. The van der Waals surface area contributed by atoms with E-state index in [1.54, 1.807) is 0 Å². The Morgan fingerprint density at radius 3 is 2.52 bits per heavy atom. The lowest BCUT2D eigenvalue weighted by molar-refractivity contribution is -0.665. The summed E-state index contributed by atoms with van der Waals surface area (Å²) in [6, 6.07) is 11.9. The monoisotopic (exact) mass is 303 g/mol. The molecule has 0 atom stereocenters. The summed E-state index contributed by atoms with van der Waals surface area (Å²) in [6.07, 6.45) is 3.56. The fourth-order valence-electron chi connectivity index (χ4n) is 3.87. The molecule has 0 N–H and O–H groups in total. The van der Waals surface area contributed by atoms with Gasteiger partial charge >= 0.3 is 0 Å². The fourth-order valence-corrected chi connectivity index (χ4v) is 3.87. The zero-order chi connectivity index (χ0) is 17.0. The average Bonchev–Trinajstić information content (AvgIpc) is 3.02. The highest BCUT2D eigenvalue weighted by Gasteiger charge is 2.22. The molecular weight excluding hydrogens is 278 g/mol. The molecule has 0 radical (unpaired) electrons. The van der Waals surface area contributed by atoms with Crippen molar-refractivity contribution in [2.45, 2.75) is 40.0 Å². The molecule has 1 nitrogen and oxygen atoms in total. The first-order valence-electron chi connectivity index (χ1n) is 8.99. The van der Waals surface area contributed by atoms with Crippen LogP contribution in [-0.4, -0.2) is 0 Å². The van der Waals surface area contributed by atoms with E-state index in [0.717, 1.165) is 17.5 Å². The lowest BCUT2D eigenvalue weighted by atomic mass is 9.95. The summed E-state index contributed by atoms with van der Waals surface area (Å²) in [6.45, 7) is 6.39. The Kier molecular flexibility index (Phi) is 3.00. The number of nitrogens with zero attached hydrogens (tertiary/aromatic N) is 1. The maximum absolute atomic E-state index is 8.63. The molecule has 4 rings (SSSR count). The van der Waals surface area contributed by atoms with Gasteiger partial charge in [0.25, 0.3) is 0 Å². The van der Waals surface area contributed by atoms with Gasteiger partial charge in [0, 0.05) is 18.5 Å². The first-order chi connectivity index (χ1) is 11.5. The molecule has 0 fully saturated rings. The fraction of sp³-hybridized carbons (Fsp3) is 0.318. The summed E-state index contributed by atoms with van der Waals surface area (Å²) < 4.78 is 10.8. The van der Waals surface area contributed by atoms with Gasteiger partial charge in [-0.25, -0.2) is 0 Å². The number of hydrogen-bond acceptors (Lipinski definition) is 0. The van der Waals surface area contributed by atoms with Crippen LogP contribution in [0.15, 0.2) is 36.4 Å². The van der Waals surface area contributed by atoms with E-state index in [4.69, 9.17) is 1.37 Å². The van der Waals surface area contributed by atoms with Gasteiger partial charge in [-0.1, -0.05) is 23.8 Å². The van der Waals surface area contributed by atoms with E-state index in [2.05, 4.69) is 62.7 Å². The minimum Gasteiger partial charge on any atom is -0.198 e. The Hall–Kier alpha value is -2.15. The third kappa shape index (κ3) is 2.26. The zero-order valence-electron chi connectivity index (χ0n) is 15.5. The highest BCUT2D eigenvalue weighted by atomic mass is 14.9. The predicted molar refractivity (Wildman–Crippen MR) is 96.8 cm³/mol. The summed E-state index contributed by atoms with van der Waals surface area (Å²) >= 11 is 0. The van der Waals surface area contributed by atoms with Crippen molar-refractivity contribution in [3.05, 3.63) is 64.3 Å². The smallest absolute Gasteiger partial charge is 0.198 e. The standard InChI is InChI=1S/C22H24N/c1-14-8-9-15(2)20(10-14)22-21-13-18-7-5-6-17(18)12-19(21)11-16(3)23(22)4/h8-13H,5-7H2,1-4H3/q+1/i11D. The van der Waals surface area contributed by atoms with Crippen molar-refractivity contribution in [2.24, 2.45) is 7.05 Å². The number of aromatic nitrogens is 1. The molecular formula is C22H24N+. The quantitative estimate of drug-likeness (QED) is 0.571. The molecule has 1 heteroatoms. The molecule has 0 unspecified atom stereocenters. The molecule has 0 bridgehead atoms. The van der Waals surface area contributed by atoms with Crippen molar-refractivity contribution in [2.75, 3.05) is 0 Å². The summed E-state index contributed by atoms with van der Waals surface area (Å²) in [7, 11) is 2.09. The maximum Gasteiger partial charge on any atom is 0.220 e. The Labute approximate surface area is 140 Å². The first-order valence-corrected chi connectivity index (χ1v) is 8.49. The second kappa shape index (κ2) is 5.19. The van der Waals surface area contributed by atoms with Crippen LogP contribution in [0.25, 0.3) is 22.0 Å². The van der Waals surface area contributed by atoms with Gasteiger partial charge in [0.05, 0.1) is 6.76 Å². The molecule has 2 aromatic carbocycles. The minimum atomic E-state index is 0.663. The summed E-state index contributed by atoms with van der Waals surface area (Å²) in [5.41, 5.74) is 9.02.